The van der Waals surface area contributed by atoms with Gasteiger partial charge in [0, 0.05) is 19.2 Å². The van der Waals surface area contributed by atoms with E-state index in [1.165, 1.54) is 6.20 Å². The summed E-state index contributed by atoms with van der Waals surface area (Å²) in [6.07, 6.45) is 2.85. The Hall–Kier alpha value is -2.38. The standard InChI is InChI=1S/C15H20N4O4/c1-15(2,3)13-12-11(23-14(20)17-12)5-7-18(13)9-4-6-16-8-10(9)19(21)22/h4,6,8,11-13H,5,7H2,1-3H3,(H,17,20)/t11-,12-,13?/m0/s1. The maximum Gasteiger partial charge on any atom is 0.407 e. The number of nitrogens with one attached hydrogen (secondary N) is 1. The molecular formula is C15H20N4O4. The normalized spacial score (nSPS) is 27.2. The maximum absolute atomic E-state index is 11.6. The summed E-state index contributed by atoms with van der Waals surface area (Å²) >= 11 is 0. The van der Waals surface area contributed by atoms with Crippen LogP contribution in [0.5, 0.6) is 0 Å². The van der Waals surface area contributed by atoms with Crippen molar-refractivity contribution in [1.82, 2.24) is 10.3 Å². The predicted octanol–water partition coefficient (Wildman–Crippen LogP) is 2.09. The number of fused-ring (bicyclic) bond motifs is 1. The van der Waals surface area contributed by atoms with Gasteiger partial charge in [-0.3, -0.25) is 15.1 Å². The molecule has 0 bridgehead atoms. The summed E-state index contributed by atoms with van der Waals surface area (Å²) in [6.45, 7) is 6.77. The predicted molar refractivity (Wildman–Crippen MR) is 83.3 cm³/mol. The molecule has 2 aliphatic rings. The van der Waals surface area contributed by atoms with Crippen LogP contribution in [0, 0.1) is 15.5 Å². The molecule has 23 heavy (non-hydrogen) atoms. The van der Waals surface area contributed by atoms with Crippen molar-refractivity contribution in [3.8, 4) is 0 Å². The summed E-state index contributed by atoms with van der Waals surface area (Å²) in [5.41, 5.74) is 0.302. The van der Waals surface area contributed by atoms with Crippen LogP contribution in [0.25, 0.3) is 0 Å². The summed E-state index contributed by atoms with van der Waals surface area (Å²) in [5, 5.41) is 14.2. The zero-order chi connectivity index (χ0) is 16.8. The summed E-state index contributed by atoms with van der Waals surface area (Å²) < 4.78 is 5.33. The summed E-state index contributed by atoms with van der Waals surface area (Å²) in [4.78, 5) is 28.4. The number of piperidine rings is 1. The van der Waals surface area contributed by atoms with Gasteiger partial charge in [-0.05, 0) is 11.5 Å². The number of hydrogen-bond acceptors (Lipinski definition) is 6. The van der Waals surface area contributed by atoms with E-state index in [2.05, 4.69) is 31.1 Å². The number of aromatic nitrogens is 1. The Morgan fingerprint density at radius 1 is 1.48 bits per heavy atom. The molecule has 1 N–H and O–H groups in total. The molecule has 3 rings (SSSR count). The maximum atomic E-state index is 11.6. The fourth-order valence-corrected chi connectivity index (χ4v) is 3.63. The third kappa shape index (κ3) is 2.69. The number of hydrogen-bond donors (Lipinski definition) is 1. The lowest BCUT2D eigenvalue weighted by atomic mass is 9.76. The van der Waals surface area contributed by atoms with Gasteiger partial charge in [0.2, 0.25) is 0 Å². The van der Waals surface area contributed by atoms with Gasteiger partial charge in [0.15, 0.2) is 0 Å². The van der Waals surface area contributed by atoms with Gasteiger partial charge in [-0.15, -0.1) is 0 Å². The van der Waals surface area contributed by atoms with Crippen molar-refractivity contribution in [2.75, 3.05) is 11.4 Å². The Kier molecular flexibility index (Phi) is 3.62. The van der Waals surface area contributed by atoms with Gasteiger partial charge in [-0.2, -0.15) is 0 Å². The van der Waals surface area contributed by atoms with Crippen LogP contribution in [-0.2, 0) is 4.74 Å². The monoisotopic (exact) mass is 320 g/mol. The number of rotatable bonds is 2. The Bertz CT molecular complexity index is 643. The van der Waals surface area contributed by atoms with Crippen molar-refractivity contribution in [3.05, 3.63) is 28.6 Å². The largest absolute Gasteiger partial charge is 0.444 e. The Morgan fingerprint density at radius 2 is 2.22 bits per heavy atom. The van der Waals surface area contributed by atoms with Crippen molar-refractivity contribution in [1.29, 1.82) is 0 Å². The van der Waals surface area contributed by atoms with E-state index in [1.807, 2.05) is 4.90 Å². The van der Waals surface area contributed by atoms with Crippen LogP contribution in [0.1, 0.15) is 27.2 Å². The molecule has 0 aliphatic carbocycles. The minimum atomic E-state index is -0.419. The topological polar surface area (TPSA) is 97.6 Å². The Balaban J connectivity index is 2.04. The highest BCUT2D eigenvalue weighted by atomic mass is 16.6. The van der Waals surface area contributed by atoms with E-state index in [0.717, 1.165) is 0 Å². The van der Waals surface area contributed by atoms with Crippen molar-refractivity contribution < 1.29 is 14.5 Å². The van der Waals surface area contributed by atoms with Crippen LogP contribution in [0.15, 0.2) is 18.5 Å². The second kappa shape index (κ2) is 5.36. The van der Waals surface area contributed by atoms with Gasteiger partial charge in [-0.25, -0.2) is 4.79 Å². The Morgan fingerprint density at radius 3 is 2.87 bits per heavy atom. The number of amides is 1. The van der Waals surface area contributed by atoms with Gasteiger partial charge in [0.25, 0.3) is 0 Å². The highest BCUT2D eigenvalue weighted by Gasteiger charge is 2.50. The smallest absolute Gasteiger partial charge is 0.407 e. The molecule has 1 aromatic heterocycles. The fraction of sp³-hybridized carbons (Fsp3) is 0.600. The minimum absolute atomic E-state index is 0.0227. The molecule has 8 heteroatoms. The number of ether oxygens (including phenoxy) is 1. The van der Waals surface area contributed by atoms with Gasteiger partial charge in [0.05, 0.1) is 17.0 Å². The molecule has 124 valence electrons. The van der Waals surface area contributed by atoms with E-state index in [-0.39, 0.29) is 29.3 Å². The number of alkyl carbamates (subject to hydrolysis) is 1. The highest BCUT2D eigenvalue weighted by molar-refractivity contribution is 5.71. The number of carbonyl (C=O) groups is 1. The van der Waals surface area contributed by atoms with Gasteiger partial charge < -0.3 is 15.0 Å². The average Bonchev–Trinajstić information content (AvgIpc) is 2.84. The molecule has 3 atom stereocenters. The molecule has 0 saturated carbocycles. The molecule has 1 unspecified atom stereocenters. The third-order valence-electron chi connectivity index (χ3n) is 4.45. The van der Waals surface area contributed by atoms with E-state index in [0.29, 0.717) is 18.7 Å². The molecule has 3 heterocycles. The molecule has 0 radical (unpaired) electrons. The van der Waals surface area contributed by atoms with E-state index < -0.39 is 11.0 Å². The lowest BCUT2D eigenvalue weighted by Crippen LogP contribution is -2.62. The van der Waals surface area contributed by atoms with E-state index >= 15 is 0 Å². The van der Waals surface area contributed by atoms with Crippen LogP contribution in [0.2, 0.25) is 0 Å². The first kappa shape index (κ1) is 15.5. The Labute approximate surface area is 134 Å². The molecule has 1 amide bonds. The van der Waals surface area contributed by atoms with Crippen molar-refractivity contribution >= 4 is 17.5 Å². The van der Waals surface area contributed by atoms with Crippen molar-refractivity contribution in [2.45, 2.75) is 45.4 Å². The number of pyridine rings is 1. The first-order valence-electron chi connectivity index (χ1n) is 7.61. The summed E-state index contributed by atoms with van der Waals surface area (Å²) in [7, 11) is 0. The van der Waals surface area contributed by atoms with E-state index in [9.17, 15) is 14.9 Å². The van der Waals surface area contributed by atoms with Crippen LogP contribution < -0.4 is 10.2 Å². The van der Waals surface area contributed by atoms with Crippen LogP contribution in [0.4, 0.5) is 16.2 Å². The number of nitrogens with zero attached hydrogens (tertiary/aromatic N) is 3. The third-order valence-corrected chi connectivity index (χ3v) is 4.45. The van der Waals surface area contributed by atoms with Gasteiger partial charge in [0.1, 0.15) is 18.0 Å². The first-order chi connectivity index (χ1) is 10.8. The van der Waals surface area contributed by atoms with Crippen LogP contribution in [0.3, 0.4) is 0 Å². The molecule has 2 fully saturated rings. The van der Waals surface area contributed by atoms with Crippen molar-refractivity contribution in [2.24, 2.45) is 5.41 Å². The van der Waals surface area contributed by atoms with Crippen LogP contribution in [-0.4, -0.2) is 40.7 Å². The number of nitro groups is 1. The summed E-state index contributed by atoms with van der Waals surface area (Å²) in [6, 6.07) is 1.35. The molecule has 8 nitrogen and oxygen atoms in total. The molecule has 0 spiro atoms. The van der Waals surface area contributed by atoms with Crippen LogP contribution >= 0.6 is 0 Å². The highest BCUT2D eigenvalue weighted by Crippen LogP contribution is 2.40. The fourth-order valence-electron chi connectivity index (χ4n) is 3.63. The molecule has 2 saturated heterocycles. The van der Waals surface area contributed by atoms with Gasteiger partial charge >= 0.3 is 11.8 Å². The zero-order valence-electron chi connectivity index (χ0n) is 13.4. The second-order valence-corrected chi connectivity index (χ2v) is 7.03. The lowest BCUT2D eigenvalue weighted by molar-refractivity contribution is -0.384. The van der Waals surface area contributed by atoms with E-state index in [4.69, 9.17) is 4.74 Å². The lowest BCUT2D eigenvalue weighted by Gasteiger charge is -2.48. The molecule has 1 aromatic rings. The molecule has 0 aromatic carbocycles. The SMILES string of the molecule is CC(C)(C)C1[C@H]2NC(=O)O[C@H]2CCN1c1ccncc1[N+](=O)[O-]. The van der Waals surface area contributed by atoms with E-state index in [1.54, 1.807) is 12.3 Å². The number of carbonyl (C=O) groups excluding carboxylic acids is 1. The minimum Gasteiger partial charge on any atom is -0.444 e. The zero-order valence-corrected chi connectivity index (χ0v) is 13.4. The first-order valence-corrected chi connectivity index (χ1v) is 7.61. The molecule has 2 aliphatic heterocycles. The quantitative estimate of drug-likeness (QED) is 0.662. The number of anilines is 1. The second-order valence-electron chi connectivity index (χ2n) is 7.03. The van der Waals surface area contributed by atoms with Gasteiger partial charge in [-0.1, -0.05) is 20.8 Å². The average molecular weight is 320 g/mol. The van der Waals surface area contributed by atoms with Crippen molar-refractivity contribution in [3.63, 3.8) is 0 Å². The summed E-state index contributed by atoms with van der Waals surface area (Å²) in [5.74, 6) is 0. The molecular weight excluding hydrogens is 300 g/mol.